The Kier molecular flexibility index (Phi) is 7.68. The molecule has 0 aliphatic heterocycles. The summed E-state index contributed by atoms with van der Waals surface area (Å²) in [5.74, 6) is 0.610. The highest BCUT2D eigenvalue weighted by molar-refractivity contribution is 5.46. The maximum Gasteiger partial charge on any atom is 0.0489 e. The lowest BCUT2D eigenvalue weighted by molar-refractivity contribution is 0.109. The molecule has 0 radical (unpaired) electrons. The van der Waals surface area contributed by atoms with E-state index in [2.05, 4.69) is 79.4 Å². The molecule has 0 aliphatic carbocycles. The molecular weight excluding hydrogens is 282 g/mol. The van der Waals surface area contributed by atoms with Crippen molar-refractivity contribution in [3.63, 3.8) is 0 Å². The van der Waals surface area contributed by atoms with Crippen LogP contribution in [0, 0.1) is 5.92 Å². The first-order valence-electron chi connectivity index (χ1n) is 8.67. The summed E-state index contributed by atoms with van der Waals surface area (Å²) in [7, 11) is 0. The zero-order chi connectivity index (χ0) is 16.3. The van der Waals surface area contributed by atoms with Gasteiger partial charge in [-0.05, 0) is 36.5 Å². The number of nitrogens with zero attached hydrogens (tertiary/aromatic N) is 1. The van der Waals surface area contributed by atoms with Gasteiger partial charge in [0.1, 0.15) is 0 Å². The molecule has 0 aromatic heterocycles. The van der Waals surface area contributed by atoms with Gasteiger partial charge in [-0.1, -0.05) is 62.4 Å². The third-order valence-corrected chi connectivity index (χ3v) is 3.80. The van der Waals surface area contributed by atoms with E-state index in [0.29, 0.717) is 5.92 Å². The standard InChI is InChI=1S/C21H29NO/c1-19(2)18-23-17-9-15-22(21-12-7-4-8-13-21)16-14-20-10-5-3-6-11-20/h3-8,10-13,19H,9,14-18H2,1-2H3. The Morgan fingerprint density at radius 3 is 2.17 bits per heavy atom. The summed E-state index contributed by atoms with van der Waals surface area (Å²) < 4.78 is 5.72. The van der Waals surface area contributed by atoms with Crippen molar-refractivity contribution in [2.75, 3.05) is 31.2 Å². The van der Waals surface area contributed by atoms with E-state index in [0.717, 1.165) is 39.1 Å². The summed E-state index contributed by atoms with van der Waals surface area (Å²) >= 11 is 0. The average molecular weight is 311 g/mol. The highest BCUT2D eigenvalue weighted by Gasteiger charge is 2.06. The highest BCUT2D eigenvalue weighted by Crippen LogP contribution is 2.15. The second-order valence-corrected chi connectivity index (χ2v) is 6.38. The zero-order valence-electron chi connectivity index (χ0n) is 14.4. The van der Waals surface area contributed by atoms with E-state index in [-0.39, 0.29) is 0 Å². The molecular formula is C21H29NO. The average Bonchev–Trinajstić information content (AvgIpc) is 2.58. The predicted molar refractivity (Wildman–Crippen MR) is 99.1 cm³/mol. The Labute approximate surface area is 141 Å². The van der Waals surface area contributed by atoms with Crippen LogP contribution in [0.4, 0.5) is 5.69 Å². The maximum atomic E-state index is 5.72. The third-order valence-electron chi connectivity index (χ3n) is 3.80. The summed E-state index contributed by atoms with van der Waals surface area (Å²) in [5.41, 5.74) is 2.69. The second kappa shape index (κ2) is 10.1. The molecule has 0 aliphatic rings. The molecule has 23 heavy (non-hydrogen) atoms. The molecule has 2 rings (SSSR count). The molecule has 0 N–H and O–H groups in total. The van der Waals surface area contributed by atoms with Crippen LogP contribution in [0.2, 0.25) is 0 Å². The van der Waals surface area contributed by atoms with E-state index in [4.69, 9.17) is 4.74 Å². The van der Waals surface area contributed by atoms with Gasteiger partial charge >= 0.3 is 0 Å². The van der Waals surface area contributed by atoms with Crippen molar-refractivity contribution < 1.29 is 4.74 Å². The topological polar surface area (TPSA) is 12.5 Å². The molecule has 0 spiro atoms. The molecule has 2 aromatic carbocycles. The summed E-state index contributed by atoms with van der Waals surface area (Å²) in [4.78, 5) is 2.46. The zero-order valence-corrected chi connectivity index (χ0v) is 14.4. The minimum Gasteiger partial charge on any atom is -0.381 e. The largest absolute Gasteiger partial charge is 0.381 e. The Balaban J connectivity index is 1.85. The van der Waals surface area contributed by atoms with Crippen LogP contribution in [0.25, 0.3) is 0 Å². The Morgan fingerprint density at radius 1 is 0.870 bits per heavy atom. The molecule has 0 saturated heterocycles. The van der Waals surface area contributed by atoms with Gasteiger partial charge in [0, 0.05) is 32.0 Å². The van der Waals surface area contributed by atoms with Gasteiger partial charge in [0.15, 0.2) is 0 Å². The number of para-hydroxylation sites is 1. The predicted octanol–water partition coefficient (Wildman–Crippen LogP) is 4.80. The maximum absolute atomic E-state index is 5.72. The second-order valence-electron chi connectivity index (χ2n) is 6.38. The van der Waals surface area contributed by atoms with Crippen LogP contribution in [-0.2, 0) is 11.2 Å². The van der Waals surface area contributed by atoms with E-state index in [9.17, 15) is 0 Å². The van der Waals surface area contributed by atoms with E-state index < -0.39 is 0 Å². The van der Waals surface area contributed by atoms with E-state index in [1.807, 2.05) is 0 Å². The van der Waals surface area contributed by atoms with Crippen LogP contribution in [0.15, 0.2) is 60.7 Å². The lowest BCUT2D eigenvalue weighted by Gasteiger charge is -2.25. The summed E-state index contributed by atoms with van der Waals surface area (Å²) in [6.07, 6.45) is 2.14. The molecule has 2 nitrogen and oxygen atoms in total. The molecule has 0 fully saturated rings. The van der Waals surface area contributed by atoms with Crippen LogP contribution < -0.4 is 4.90 Å². The van der Waals surface area contributed by atoms with Gasteiger partial charge in [0.2, 0.25) is 0 Å². The van der Waals surface area contributed by atoms with Crippen LogP contribution >= 0.6 is 0 Å². The molecule has 0 unspecified atom stereocenters. The van der Waals surface area contributed by atoms with Crippen LogP contribution in [0.5, 0.6) is 0 Å². The molecule has 124 valence electrons. The van der Waals surface area contributed by atoms with Crippen LogP contribution in [0.1, 0.15) is 25.8 Å². The fourth-order valence-corrected chi connectivity index (χ4v) is 2.59. The van der Waals surface area contributed by atoms with E-state index >= 15 is 0 Å². The number of hydrogen-bond donors (Lipinski definition) is 0. The SMILES string of the molecule is CC(C)COCCCN(CCc1ccccc1)c1ccccc1. The Morgan fingerprint density at radius 2 is 1.52 bits per heavy atom. The van der Waals surface area contributed by atoms with Gasteiger partial charge < -0.3 is 9.64 Å². The third kappa shape index (κ3) is 6.87. The van der Waals surface area contributed by atoms with Crippen molar-refractivity contribution in [3.8, 4) is 0 Å². The fraction of sp³-hybridized carbons (Fsp3) is 0.429. The smallest absolute Gasteiger partial charge is 0.0489 e. The summed E-state index contributed by atoms with van der Waals surface area (Å²) in [6.45, 7) is 8.15. The molecule has 0 bridgehead atoms. The molecule has 0 heterocycles. The van der Waals surface area contributed by atoms with Gasteiger partial charge in [0.25, 0.3) is 0 Å². The van der Waals surface area contributed by atoms with Gasteiger partial charge in [-0.2, -0.15) is 0 Å². The fourth-order valence-electron chi connectivity index (χ4n) is 2.59. The van der Waals surface area contributed by atoms with Crippen molar-refractivity contribution >= 4 is 5.69 Å². The molecule has 0 amide bonds. The number of rotatable bonds is 10. The van der Waals surface area contributed by atoms with Crippen LogP contribution in [-0.4, -0.2) is 26.3 Å². The van der Waals surface area contributed by atoms with Gasteiger partial charge in [-0.25, -0.2) is 0 Å². The number of benzene rings is 2. The number of anilines is 1. The monoisotopic (exact) mass is 311 g/mol. The summed E-state index contributed by atoms with van der Waals surface area (Å²) in [5, 5.41) is 0. The lowest BCUT2D eigenvalue weighted by Crippen LogP contribution is -2.27. The van der Waals surface area contributed by atoms with Gasteiger partial charge in [0.05, 0.1) is 0 Å². The minimum absolute atomic E-state index is 0.610. The van der Waals surface area contributed by atoms with E-state index in [1.165, 1.54) is 11.3 Å². The first kappa shape index (κ1) is 17.6. The van der Waals surface area contributed by atoms with Crippen molar-refractivity contribution in [1.29, 1.82) is 0 Å². The number of ether oxygens (including phenoxy) is 1. The van der Waals surface area contributed by atoms with Crippen molar-refractivity contribution in [2.45, 2.75) is 26.7 Å². The quantitative estimate of drug-likeness (QED) is 0.584. The molecule has 0 saturated carbocycles. The molecule has 2 heteroatoms. The van der Waals surface area contributed by atoms with Crippen molar-refractivity contribution in [1.82, 2.24) is 0 Å². The minimum atomic E-state index is 0.610. The highest BCUT2D eigenvalue weighted by atomic mass is 16.5. The first-order chi connectivity index (χ1) is 11.3. The Hall–Kier alpha value is -1.80. The number of hydrogen-bond acceptors (Lipinski definition) is 2. The van der Waals surface area contributed by atoms with Crippen molar-refractivity contribution in [2.24, 2.45) is 5.92 Å². The molecule has 0 atom stereocenters. The molecule has 2 aromatic rings. The summed E-state index contributed by atoms with van der Waals surface area (Å²) in [6, 6.07) is 21.4. The van der Waals surface area contributed by atoms with Gasteiger partial charge in [-0.3, -0.25) is 0 Å². The Bertz CT molecular complexity index is 524. The van der Waals surface area contributed by atoms with E-state index in [1.54, 1.807) is 0 Å². The lowest BCUT2D eigenvalue weighted by atomic mass is 10.1. The van der Waals surface area contributed by atoms with Crippen LogP contribution in [0.3, 0.4) is 0 Å². The van der Waals surface area contributed by atoms with Crippen molar-refractivity contribution in [3.05, 3.63) is 66.2 Å². The van der Waals surface area contributed by atoms with Gasteiger partial charge in [-0.15, -0.1) is 0 Å². The first-order valence-corrected chi connectivity index (χ1v) is 8.67. The normalized spacial score (nSPS) is 10.9.